The lowest BCUT2D eigenvalue weighted by atomic mass is 10.1. The Kier molecular flexibility index (Phi) is 6.18. The van der Waals surface area contributed by atoms with E-state index in [0.717, 1.165) is 47.4 Å². The average Bonchev–Trinajstić information content (AvgIpc) is 3.27. The summed E-state index contributed by atoms with van der Waals surface area (Å²) >= 11 is 0. The van der Waals surface area contributed by atoms with Crippen molar-refractivity contribution in [2.75, 3.05) is 26.2 Å². The molecule has 0 atom stereocenters. The summed E-state index contributed by atoms with van der Waals surface area (Å²) in [6.45, 7) is 10.1. The smallest absolute Gasteiger partial charge is 0.272 e. The van der Waals surface area contributed by atoms with Gasteiger partial charge in [-0.1, -0.05) is 12.1 Å². The van der Waals surface area contributed by atoms with Gasteiger partial charge in [-0.25, -0.2) is 4.98 Å². The predicted octanol–water partition coefficient (Wildman–Crippen LogP) is 3.20. The van der Waals surface area contributed by atoms with Crippen molar-refractivity contribution in [3.05, 3.63) is 74.7 Å². The van der Waals surface area contributed by atoms with Gasteiger partial charge in [-0.15, -0.1) is 0 Å². The van der Waals surface area contributed by atoms with Gasteiger partial charge in [0.1, 0.15) is 5.69 Å². The van der Waals surface area contributed by atoms with E-state index < -0.39 is 0 Å². The largest absolute Gasteiger partial charge is 0.351 e. The molecule has 0 unspecified atom stereocenters. The summed E-state index contributed by atoms with van der Waals surface area (Å²) in [5, 5.41) is 3.00. The van der Waals surface area contributed by atoms with Crippen LogP contribution in [0.5, 0.6) is 0 Å². The molecule has 1 aliphatic rings. The Morgan fingerprint density at radius 2 is 1.71 bits per heavy atom. The van der Waals surface area contributed by atoms with Gasteiger partial charge < -0.3 is 14.8 Å². The number of carbonyl (C=O) groups excluding carboxylic acids is 1. The van der Waals surface area contributed by atoms with Gasteiger partial charge in [0, 0.05) is 18.7 Å². The van der Waals surface area contributed by atoms with E-state index in [2.05, 4.69) is 22.1 Å². The lowest BCUT2D eigenvalue weighted by Gasteiger charge is -2.15. The fraction of sp³-hybridized carbons (Fsp3) is 0.400. The molecule has 1 N–H and O–H groups in total. The second-order valence-corrected chi connectivity index (χ2v) is 8.52. The van der Waals surface area contributed by atoms with Crippen LogP contribution in [0.3, 0.4) is 0 Å². The first-order valence-corrected chi connectivity index (χ1v) is 11.0. The number of rotatable bonds is 6. The third kappa shape index (κ3) is 4.69. The Bertz CT molecular complexity index is 1160. The molecule has 162 valence electrons. The zero-order valence-electron chi connectivity index (χ0n) is 18.6. The minimum Gasteiger partial charge on any atom is -0.351 e. The highest BCUT2D eigenvalue weighted by Crippen LogP contribution is 2.18. The van der Waals surface area contributed by atoms with E-state index in [1.165, 1.54) is 12.8 Å². The fourth-order valence-corrected chi connectivity index (χ4v) is 4.16. The van der Waals surface area contributed by atoms with E-state index in [0.29, 0.717) is 24.3 Å². The molecule has 31 heavy (non-hydrogen) atoms. The maximum absolute atomic E-state index is 12.8. The van der Waals surface area contributed by atoms with Crippen LogP contribution < -0.4 is 10.9 Å². The predicted molar refractivity (Wildman–Crippen MR) is 124 cm³/mol. The number of aryl methyl sites for hydroxylation is 3. The van der Waals surface area contributed by atoms with Crippen LogP contribution in [0.1, 0.15) is 45.6 Å². The molecule has 1 aliphatic heterocycles. The molecular weight excluding hydrogens is 388 g/mol. The molecule has 0 aliphatic carbocycles. The summed E-state index contributed by atoms with van der Waals surface area (Å²) in [7, 11) is 0. The highest BCUT2D eigenvalue weighted by atomic mass is 16.1. The van der Waals surface area contributed by atoms with E-state index in [1.807, 2.05) is 43.3 Å². The molecule has 6 nitrogen and oxygen atoms in total. The molecule has 0 bridgehead atoms. The molecule has 3 aromatic rings. The monoisotopic (exact) mass is 418 g/mol. The standard InChI is InChI=1S/C25H30N4O2/c1-17-14-22-23(15-18(17)2)29(25(31)19(3)27-22)16-20-6-8-21(9-7-20)24(30)26-10-13-28-11-4-5-12-28/h6-9,14-15H,4-5,10-13,16H2,1-3H3,(H,26,30). The number of benzene rings is 2. The summed E-state index contributed by atoms with van der Waals surface area (Å²) in [5.41, 5.74) is 5.97. The van der Waals surface area contributed by atoms with Crippen molar-refractivity contribution in [2.45, 2.75) is 40.2 Å². The molecule has 6 heteroatoms. The number of amides is 1. The first kappa shape index (κ1) is 21.2. The topological polar surface area (TPSA) is 67.2 Å². The highest BCUT2D eigenvalue weighted by molar-refractivity contribution is 5.94. The molecule has 2 heterocycles. The number of fused-ring (bicyclic) bond motifs is 1. The Morgan fingerprint density at radius 1 is 1.03 bits per heavy atom. The third-order valence-corrected chi connectivity index (χ3v) is 6.19. The van der Waals surface area contributed by atoms with E-state index >= 15 is 0 Å². The van der Waals surface area contributed by atoms with Crippen molar-refractivity contribution in [3.8, 4) is 0 Å². The minimum absolute atomic E-state index is 0.0563. The molecule has 1 aromatic heterocycles. The number of nitrogens with one attached hydrogen (secondary N) is 1. The number of hydrogen-bond donors (Lipinski definition) is 1. The van der Waals surface area contributed by atoms with Gasteiger partial charge in [0.2, 0.25) is 0 Å². The second kappa shape index (κ2) is 9.02. The molecule has 4 rings (SSSR count). The Hall–Kier alpha value is -2.99. The zero-order valence-corrected chi connectivity index (χ0v) is 18.6. The van der Waals surface area contributed by atoms with Gasteiger partial charge in [-0.3, -0.25) is 9.59 Å². The Labute approximate surface area is 182 Å². The van der Waals surface area contributed by atoms with Crippen LogP contribution in [0.25, 0.3) is 11.0 Å². The maximum atomic E-state index is 12.8. The van der Waals surface area contributed by atoms with E-state index in [-0.39, 0.29) is 11.5 Å². The van der Waals surface area contributed by atoms with Crippen molar-refractivity contribution in [3.63, 3.8) is 0 Å². The number of carbonyl (C=O) groups is 1. The van der Waals surface area contributed by atoms with Gasteiger partial charge in [0.05, 0.1) is 17.6 Å². The number of aromatic nitrogens is 2. The van der Waals surface area contributed by atoms with Gasteiger partial charge in [-0.05, 0) is 87.7 Å². The third-order valence-electron chi connectivity index (χ3n) is 6.19. The van der Waals surface area contributed by atoms with Crippen LogP contribution in [0.2, 0.25) is 0 Å². The Balaban J connectivity index is 1.49. The van der Waals surface area contributed by atoms with Crippen molar-refractivity contribution in [1.82, 2.24) is 19.8 Å². The lowest BCUT2D eigenvalue weighted by Crippen LogP contribution is -2.33. The number of nitrogens with zero attached hydrogens (tertiary/aromatic N) is 3. The molecule has 1 fully saturated rings. The Morgan fingerprint density at radius 3 is 2.42 bits per heavy atom. The molecule has 0 radical (unpaired) electrons. The van der Waals surface area contributed by atoms with Gasteiger partial charge >= 0.3 is 0 Å². The number of hydrogen-bond acceptors (Lipinski definition) is 4. The SMILES string of the molecule is Cc1cc2nc(C)c(=O)n(Cc3ccc(C(=O)NCCN4CCCC4)cc3)c2cc1C. The highest BCUT2D eigenvalue weighted by Gasteiger charge is 2.13. The summed E-state index contributed by atoms with van der Waals surface area (Å²) in [6.07, 6.45) is 2.51. The van der Waals surface area contributed by atoms with E-state index in [1.54, 1.807) is 11.5 Å². The van der Waals surface area contributed by atoms with Crippen LogP contribution in [0, 0.1) is 20.8 Å². The van der Waals surface area contributed by atoms with Crippen molar-refractivity contribution >= 4 is 16.9 Å². The van der Waals surface area contributed by atoms with Gasteiger partial charge in [0.25, 0.3) is 11.5 Å². The average molecular weight is 419 g/mol. The van der Waals surface area contributed by atoms with Crippen molar-refractivity contribution in [2.24, 2.45) is 0 Å². The zero-order chi connectivity index (χ0) is 22.0. The fourth-order valence-electron chi connectivity index (χ4n) is 4.16. The van der Waals surface area contributed by atoms with Crippen LogP contribution in [-0.2, 0) is 6.54 Å². The van der Waals surface area contributed by atoms with Crippen LogP contribution in [-0.4, -0.2) is 46.5 Å². The molecule has 0 spiro atoms. The van der Waals surface area contributed by atoms with E-state index in [4.69, 9.17) is 0 Å². The lowest BCUT2D eigenvalue weighted by molar-refractivity contribution is 0.0949. The summed E-state index contributed by atoms with van der Waals surface area (Å²) in [6, 6.07) is 11.6. The summed E-state index contributed by atoms with van der Waals surface area (Å²) in [5.74, 6) is -0.0563. The van der Waals surface area contributed by atoms with Gasteiger partial charge in [-0.2, -0.15) is 0 Å². The molecule has 0 saturated carbocycles. The summed E-state index contributed by atoms with van der Waals surface area (Å²) < 4.78 is 1.77. The van der Waals surface area contributed by atoms with E-state index in [9.17, 15) is 9.59 Å². The van der Waals surface area contributed by atoms with Crippen molar-refractivity contribution < 1.29 is 4.79 Å². The van der Waals surface area contributed by atoms with Crippen molar-refractivity contribution in [1.29, 1.82) is 0 Å². The molecular formula is C25H30N4O2. The molecule has 1 saturated heterocycles. The normalized spacial score (nSPS) is 14.3. The van der Waals surface area contributed by atoms with Crippen LogP contribution in [0.4, 0.5) is 0 Å². The van der Waals surface area contributed by atoms with Crippen LogP contribution in [0.15, 0.2) is 41.2 Å². The maximum Gasteiger partial charge on any atom is 0.272 e. The molecule has 1 amide bonds. The quantitative estimate of drug-likeness (QED) is 0.668. The minimum atomic E-state index is -0.0838. The molecule has 2 aromatic carbocycles. The second-order valence-electron chi connectivity index (χ2n) is 8.52. The first-order valence-electron chi connectivity index (χ1n) is 11.0. The van der Waals surface area contributed by atoms with Gasteiger partial charge in [0.15, 0.2) is 0 Å². The summed E-state index contributed by atoms with van der Waals surface area (Å²) in [4.78, 5) is 32.1. The first-order chi connectivity index (χ1) is 14.9. The van der Waals surface area contributed by atoms with Crippen LogP contribution >= 0.6 is 0 Å². The number of likely N-dealkylation sites (tertiary alicyclic amines) is 1.